The first-order valence-electron chi connectivity index (χ1n) is 7.60. The molecule has 0 aromatic rings. The average molecular weight is 257 g/mol. The zero-order valence-corrected chi connectivity index (χ0v) is 12.2. The van der Waals surface area contributed by atoms with Crippen molar-refractivity contribution in [2.75, 3.05) is 0 Å². The minimum Gasteiger partial charge on any atom is -0.480 e. The Hall–Kier alpha value is -0.570. The SMILES string of the molecule is CCCCCCC(CCCCC)CC(N)C(=O)O. The summed E-state index contributed by atoms with van der Waals surface area (Å²) >= 11 is 0. The standard InChI is InChI=1S/C15H31NO2/c1-3-5-7-9-11-13(10-8-6-4-2)12-14(16)15(17)18/h13-14H,3-12,16H2,1-2H3,(H,17,18). The number of carbonyl (C=O) groups is 1. The van der Waals surface area contributed by atoms with Crippen molar-refractivity contribution >= 4 is 5.97 Å². The van der Waals surface area contributed by atoms with E-state index in [9.17, 15) is 4.79 Å². The zero-order valence-electron chi connectivity index (χ0n) is 12.2. The molecule has 2 unspecified atom stereocenters. The van der Waals surface area contributed by atoms with Crippen LogP contribution in [0.4, 0.5) is 0 Å². The van der Waals surface area contributed by atoms with Crippen molar-refractivity contribution in [3.8, 4) is 0 Å². The van der Waals surface area contributed by atoms with Crippen molar-refractivity contribution in [3.05, 3.63) is 0 Å². The second-order valence-corrected chi connectivity index (χ2v) is 5.39. The largest absolute Gasteiger partial charge is 0.480 e. The van der Waals surface area contributed by atoms with E-state index in [0.29, 0.717) is 12.3 Å². The predicted molar refractivity (Wildman–Crippen MR) is 76.6 cm³/mol. The summed E-state index contributed by atoms with van der Waals surface area (Å²) < 4.78 is 0. The summed E-state index contributed by atoms with van der Waals surface area (Å²) in [4.78, 5) is 10.8. The molecule has 0 spiro atoms. The molecular formula is C15H31NO2. The lowest BCUT2D eigenvalue weighted by Gasteiger charge is -2.19. The van der Waals surface area contributed by atoms with Gasteiger partial charge in [-0.3, -0.25) is 4.79 Å². The van der Waals surface area contributed by atoms with Gasteiger partial charge in [-0.15, -0.1) is 0 Å². The van der Waals surface area contributed by atoms with Crippen LogP contribution in [-0.4, -0.2) is 17.1 Å². The van der Waals surface area contributed by atoms with E-state index in [0.717, 1.165) is 12.8 Å². The number of carboxylic acids is 1. The molecule has 0 saturated heterocycles. The van der Waals surface area contributed by atoms with Gasteiger partial charge in [0.1, 0.15) is 6.04 Å². The highest BCUT2D eigenvalue weighted by Crippen LogP contribution is 2.22. The maximum absolute atomic E-state index is 10.8. The maximum atomic E-state index is 10.8. The van der Waals surface area contributed by atoms with Crippen molar-refractivity contribution in [1.82, 2.24) is 0 Å². The van der Waals surface area contributed by atoms with Gasteiger partial charge in [0.25, 0.3) is 0 Å². The Kier molecular flexibility index (Phi) is 11.2. The van der Waals surface area contributed by atoms with Crippen molar-refractivity contribution in [1.29, 1.82) is 0 Å². The first-order valence-corrected chi connectivity index (χ1v) is 7.60. The molecule has 0 aliphatic heterocycles. The van der Waals surface area contributed by atoms with Gasteiger partial charge in [-0.05, 0) is 12.3 Å². The number of unbranched alkanes of at least 4 members (excludes halogenated alkanes) is 5. The van der Waals surface area contributed by atoms with Gasteiger partial charge in [0.05, 0.1) is 0 Å². The summed E-state index contributed by atoms with van der Waals surface area (Å²) in [5, 5.41) is 8.89. The number of rotatable bonds is 12. The van der Waals surface area contributed by atoms with Crippen LogP contribution in [0.5, 0.6) is 0 Å². The molecule has 0 aromatic heterocycles. The Morgan fingerprint density at radius 1 is 1.00 bits per heavy atom. The van der Waals surface area contributed by atoms with Crippen LogP contribution in [0.3, 0.4) is 0 Å². The fourth-order valence-corrected chi connectivity index (χ4v) is 2.38. The molecule has 0 bridgehead atoms. The molecule has 0 amide bonds. The quantitative estimate of drug-likeness (QED) is 0.520. The van der Waals surface area contributed by atoms with Crippen LogP contribution in [0.2, 0.25) is 0 Å². The molecule has 0 radical (unpaired) electrons. The molecule has 2 atom stereocenters. The summed E-state index contributed by atoms with van der Waals surface area (Å²) in [6, 6.07) is -0.678. The van der Waals surface area contributed by atoms with Gasteiger partial charge in [-0.2, -0.15) is 0 Å². The van der Waals surface area contributed by atoms with Gasteiger partial charge in [-0.25, -0.2) is 0 Å². The second kappa shape index (κ2) is 11.5. The normalized spacial score (nSPS) is 14.4. The Morgan fingerprint density at radius 2 is 1.50 bits per heavy atom. The predicted octanol–water partition coefficient (Wildman–Crippen LogP) is 3.96. The molecule has 0 aliphatic rings. The van der Waals surface area contributed by atoms with Gasteiger partial charge < -0.3 is 10.8 Å². The topological polar surface area (TPSA) is 63.3 Å². The number of hydrogen-bond acceptors (Lipinski definition) is 2. The molecule has 0 aromatic carbocycles. The number of aliphatic carboxylic acids is 1. The van der Waals surface area contributed by atoms with E-state index in [2.05, 4.69) is 13.8 Å². The smallest absolute Gasteiger partial charge is 0.320 e. The lowest BCUT2D eigenvalue weighted by atomic mass is 9.89. The van der Waals surface area contributed by atoms with Crippen molar-refractivity contribution in [2.24, 2.45) is 11.7 Å². The van der Waals surface area contributed by atoms with Crippen LogP contribution in [0.25, 0.3) is 0 Å². The van der Waals surface area contributed by atoms with E-state index in [-0.39, 0.29) is 0 Å². The number of hydrogen-bond donors (Lipinski definition) is 2. The van der Waals surface area contributed by atoms with Gasteiger partial charge >= 0.3 is 5.97 Å². The molecule has 108 valence electrons. The van der Waals surface area contributed by atoms with Gasteiger partial charge in [-0.1, -0.05) is 71.6 Å². The van der Waals surface area contributed by atoms with E-state index in [1.807, 2.05) is 0 Å². The van der Waals surface area contributed by atoms with Gasteiger partial charge in [0.2, 0.25) is 0 Å². The van der Waals surface area contributed by atoms with Gasteiger partial charge in [0, 0.05) is 0 Å². The molecule has 3 N–H and O–H groups in total. The first kappa shape index (κ1) is 17.4. The fourth-order valence-electron chi connectivity index (χ4n) is 2.38. The van der Waals surface area contributed by atoms with Crippen LogP contribution >= 0.6 is 0 Å². The highest BCUT2D eigenvalue weighted by molar-refractivity contribution is 5.73. The maximum Gasteiger partial charge on any atom is 0.320 e. The minimum atomic E-state index is -0.857. The first-order chi connectivity index (χ1) is 8.61. The Balaban J connectivity index is 3.94. The summed E-state index contributed by atoms with van der Waals surface area (Å²) in [6.45, 7) is 4.40. The Bertz CT molecular complexity index is 207. The van der Waals surface area contributed by atoms with Crippen LogP contribution in [0, 0.1) is 5.92 Å². The van der Waals surface area contributed by atoms with Crippen LogP contribution in [0.15, 0.2) is 0 Å². The highest BCUT2D eigenvalue weighted by atomic mass is 16.4. The molecular weight excluding hydrogens is 226 g/mol. The van der Waals surface area contributed by atoms with Crippen LogP contribution in [-0.2, 0) is 4.79 Å². The second-order valence-electron chi connectivity index (χ2n) is 5.39. The summed E-state index contributed by atoms with van der Waals surface area (Å²) in [5.74, 6) is -0.358. The third-order valence-corrected chi connectivity index (χ3v) is 3.59. The number of nitrogens with two attached hydrogens (primary N) is 1. The number of carboxylic acid groups (broad SMARTS) is 1. The summed E-state index contributed by atoms with van der Waals surface area (Å²) in [5.41, 5.74) is 5.65. The minimum absolute atomic E-state index is 0.500. The van der Waals surface area contributed by atoms with E-state index in [1.54, 1.807) is 0 Å². The summed E-state index contributed by atoms with van der Waals surface area (Å²) in [7, 11) is 0. The monoisotopic (exact) mass is 257 g/mol. The third-order valence-electron chi connectivity index (χ3n) is 3.59. The molecule has 0 heterocycles. The van der Waals surface area contributed by atoms with E-state index in [1.165, 1.54) is 44.9 Å². The van der Waals surface area contributed by atoms with Crippen molar-refractivity contribution < 1.29 is 9.90 Å². The lowest BCUT2D eigenvalue weighted by Crippen LogP contribution is -2.32. The third kappa shape index (κ3) is 9.46. The van der Waals surface area contributed by atoms with Crippen LogP contribution in [0.1, 0.15) is 78.1 Å². The molecule has 0 rings (SSSR count). The van der Waals surface area contributed by atoms with E-state index in [4.69, 9.17) is 10.8 Å². The summed E-state index contributed by atoms with van der Waals surface area (Å²) in [6.07, 6.45) is 11.6. The molecule has 18 heavy (non-hydrogen) atoms. The fraction of sp³-hybridized carbons (Fsp3) is 0.933. The van der Waals surface area contributed by atoms with E-state index < -0.39 is 12.0 Å². The van der Waals surface area contributed by atoms with E-state index >= 15 is 0 Å². The van der Waals surface area contributed by atoms with Gasteiger partial charge in [0.15, 0.2) is 0 Å². The van der Waals surface area contributed by atoms with Crippen LogP contribution < -0.4 is 5.73 Å². The highest BCUT2D eigenvalue weighted by Gasteiger charge is 2.18. The lowest BCUT2D eigenvalue weighted by molar-refractivity contribution is -0.139. The molecule has 3 nitrogen and oxygen atoms in total. The molecule has 3 heteroatoms. The molecule has 0 fully saturated rings. The molecule has 0 saturated carbocycles. The van der Waals surface area contributed by atoms with Crippen molar-refractivity contribution in [2.45, 2.75) is 84.1 Å². The average Bonchev–Trinajstić information content (AvgIpc) is 2.34. The zero-order chi connectivity index (χ0) is 13.8. The van der Waals surface area contributed by atoms with Crippen molar-refractivity contribution in [3.63, 3.8) is 0 Å². The molecule has 0 aliphatic carbocycles. The Labute approximate surface area is 112 Å². The Morgan fingerprint density at radius 3 is 2.00 bits per heavy atom.